The first-order chi connectivity index (χ1) is 11.9. The Labute approximate surface area is 155 Å². The second-order valence-electron chi connectivity index (χ2n) is 8.22. The first-order valence-electron chi connectivity index (χ1n) is 9.05. The van der Waals surface area contributed by atoms with Crippen LogP contribution in [-0.4, -0.2) is 68.9 Å². The van der Waals surface area contributed by atoms with Crippen molar-refractivity contribution in [2.75, 3.05) is 13.2 Å². The summed E-state index contributed by atoms with van der Waals surface area (Å²) in [5.41, 5.74) is 7.61. The lowest BCUT2D eigenvalue weighted by Crippen LogP contribution is -2.49. The van der Waals surface area contributed by atoms with Crippen LogP contribution in [-0.2, 0) is 19.1 Å². The van der Waals surface area contributed by atoms with Gasteiger partial charge in [0.1, 0.15) is 11.4 Å². The highest BCUT2D eigenvalue weighted by molar-refractivity contribution is 6.35. The van der Waals surface area contributed by atoms with Crippen molar-refractivity contribution in [3.05, 3.63) is 5.53 Å². The Morgan fingerprint density at radius 3 is 2.19 bits per heavy atom. The minimum atomic E-state index is -0.623. The van der Waals surface area contributed by atoms with Gasteiger partial charge in [0.2, 0.25) is 5.91 Å². The summed E-state index contributed by atoms with van der Waals surface area (Å²) in [4.78, 5) is 29.8. The van der Waals surface area contributed by atoms with Gasteiger partial charge >= 0.3 is 11.6 Å². The first-order valence-corrected chi connectivity index (χ1v) is 9.05. The number of carbonyl (C=O) groups excluding carboxylic acids is 2. The zero-order valence-corrected chi connectivity index (χ0v) is 16.8. The Balaban J connectivity index is 0.000000189. The van der Waals surface area contributed by atoms with E-state index in [0.717, 1.165) is 6.42 Å². The van der Waals surface area contributed by atoms with Crippen LogP contribution in [0.5, 0.6) is 0 Å². The van der Waals surface area contributed by atoms with Gasteiger partial charge in [-0.05, 0) is 41.0 Å². The third-order valence-corrected chi connectivity index (χ3v) is 5.24. The van der Waals surface area contributed by atoms with E-state index in [-0.39, 0.29) is 35.2 Å². The largest absolute Gasteiger partial charge is 0.361 e. The van der Waals surface area contributed by atoms with E-state index < -0.39 is 5.72 Å². The van der Waals surface area contributed by atoms with E-state index in [0.29, 0.717) is 19.3 Å². The Bertz CT molecular complexity index is 639. The number of ether oxygens (including phenoxy) is 2. The highest BCUT2D eigenvalue weighted by Gasteiger charge is 2.50. The first kappa shape index (κ1) is 20.6. The lowest BCUT2D eigenvalue weighted by molar-refractivity contribution is -0.144. The van der Waals surface area contributed by atoms with E-state index >= 15 is 0 Å². The summed E-state index contributed by atoms with van der Waals surface area (Å²) in [5, 5.41) is 0. The lowest BCUT2D eigenvalue weighted by Gasteiger charge is -2.30. The van der Waals surface area contributed by atoms with Crippen LogP contribution in [0.3, 0.4) is 0 Å². The molecule has 0 saturated carbocycles. The molecule has 3 atom stereocenters. The van der Waals surface area contributed by atoms with Crippen LogP contribution in [0.4, 0.5) is 0 Å². The number of hydrogen-bond acceptors (Lipinski definition) is 4. The summed E-state index contributed by atoms with van der Waals surface area (Å²) in [6.07, 6.45) is 0.961. The molecule has 8 nitrogen and oxygen atoms in total. The predicted molar refractivity (Wildman–Crippen MR) is 95.1 cm³/mol. The Hall–Kier alpha value is -1.76. The molecule has 3 saturated heterocycles. The highest BCUT2D eigenvalue weighted by Crippen LogP contribution is 2.37. The molecule has 0 aromatic rings. The van der Waals surface area contributed by atoms with Crippen molar-refractivity contribution in [2.24, 2.45) is 5.92 Å². The molecule has 0 bridgehead atoms. The van der Waals surface area contributed by atoms with Crippen LogP contribution in [0.1, 0.15) is 54.9 Å². The van der Waals surface area contributed by atoms with Crippen molar-refractivity contribution in [1.82, 2.24) is 9.80 Å². The number of nitrogens with zero attached hydrogens (tertiary/aromatic N) is 4. The monoisotopic (exact) mass is 366 g/mol. The molecule has 1 unspecified atom stereocenters. The van der Waals surface area contributed by atoms with Gasteiger partial charge in [-0.3, -0.25) is 14.5 Å². The average Bonchev–Trinajstić information content (AvgIpc) is 3.12. The lowest BCUT2D eigenvalue weighted by atomic mass is 10.1. The summed E-state index contributed by atoms with van der Waals surface area (Å²) in [6.45, 7) is 14.2. The smallest absolute Gasteiger partial charge is 0.353 e. The van der Waals surface area contributed by atoms with Crippen LogP contribution in [0.15, 0.2) is 0 Å². The Morgan fingerprint density at radius 1 is 1.15 bits per heavy atom. The highest BCUT2D eigenvalue weighted by atomic mass is 16.5. The van der Waals surface area contributed by atoms with Gasteiger partial charge in [0, 0.05) is 12.8 Å². The van der Waals surface area contributed by atoms with Gasteiger partial charge in [-0.25, -0.2) is 0 Å². The molecule has 0 radical (unpaired) electrons. The molecule has 0 spiro atoms. The fraction of sp³-hybridized carbons (Fsp3) is 0.833. The van der Waals surface area contributed by atoms with Crippen molar-refractivity contribution in [3.8, 4) is 0 Å². The normalized spacial score (nSPS) is 31.2. The van der Waals surface area contributed by atoms with Crippen molar-refractivity contribution >= 4 is 17.5 Å². The third kappa shape index (κ3) is 3.68. The van der Waals surface area contributed by atoms with Crippen molar-refractivity contribution in [3.63, 3.8) is 0 Å². The molecule has 3 aliphatic rings. The van der Waals surface area contributed by atoms with Crippen LogP contribution in [0.2, 0.25) is 0 Å². The standard InChI is InChI=1S/C9H15N3O2.C9H15NO2/c1-6-5-14-9(3,4)12(6)8(13)7(2)11-10;1-6-4-7-5-12-9(2,3)10(7)8(6)11/h6H,5H2,1-4H3;6-7H,4-5H2,1-3H3/t6-;6?,7-/m00/s1. The van der Waals surface area contributed by atoms with E-state index in [2.05, 4.69) is 4.79 Å². The third-order valence-electron chi connectivity index (χ3n) is 5.24. The van der Waals surface area contributed by atoms with Crippen LogP contribution in [0.25, 0.3) is 5.53 Å². The molecule has 0 aromatic heterocycles. The molecule has 0 aromatic carbocycles. The second-order valence-corrected chi connectivity index (χ2v) is 8.22. The van der Waals surface area contributed by atoms with Gasteiger partial charge in [0.25, 0.3) is 0 Å². The molecular weight excluding hydrogens is 336 g/mol. The molecule has 0 N–H and O–H groups in total. The zero-order valence-electron chi connectivity index (χ0n) is 16.8. The summed E-state index contributed by atoms with van der Waals surface area (Å²) < 4.78 is 11.0. The molecule has 3 rings (SSSR count). The molecule has 2 amide bonds. The van der Waals surface area contributed by atoms with Crippen LogP contribution < -0.4 is 0 Å². The fourth-order valence-corrected chi connectivity index (χ4v) is 3.91. The molecule has 146 valence electrons. The predicted octanol–water partition coefficient (Wildman–Crippen LogP) is 1.65. The van der Waals surface area contributed by atoms with E-state index in [1.54, 1.807) is 4.90 Å². The number of amides is 2. The maximum atomic E-state index is 11.8. The SMILES string of the molecule is CC(=[N+]=[N-])C(=O)N1[C@@H](C)COC1(C)C.CC1C[C@H]2COC(C)(C)N2C1=O. The van der Waals surface area contributed by atoms with E-state index in [4.69, 9.17) is 15.0 Å². The Kier molecular flexibility index (Phi) is 5.61. The maximum absolute atomic E-state index is 11.8. The van der Waals surface area contributed by atoms with E-state index in [1.807, 2.05) is 46.4 Å². The fourth-order valence-electron chi connectivity index (χ4n) is 3.91. The minimum Gasteiger partial charge on any atom is -0.361 e. The van der Waals surface area contributed by atoms with E-state index in [9.17, 15) is 9.59 Å². The molecule has 8 heteroatoms. The summed E-state index contributed by atoms with van der Waals surface area (Å²) in [6, 6.07) is 0.344. The van der Waals surface area contributed by atoms with Crippen LogP contribution in [0, 0.1) is 5.92 Å². The minimum absolute atomic E-state index is 0.00852. The van der Waals surface area contributed by atoms with Gasteiger partial charge in [-0.1, -0.05) is 6.92 Å². The second kappa shape index (κ2) is 7.10. The van der Waals surface area contributed by atoms with Gasteiger partial charge in [0.05, 0.1) is 25.3 Å². The average molecular weight is 366 g/mol. The molecule has 26 heavy (non-hydrogen) atoms. The molecular formula is C18H30N4O4. The van der Waals surface area contributed by atoms with Crippen molar-refractivity contribution < 1.29 is 23.9 Å². The number of fused-ring (bicyclic) bond motifs is 1. The molecule has 3 fully saturated rings. The summed E-state index contributed by atoms with van der Waals surface area (Å²) >= 11 is 0. The maximum Gasteiger partial charge on any atom is 0.353 e. The van der Waals surface area contributed by atoms with Crippen LogP contribution >= 0.6 is 0 Å². The number of hydrogen-bond donors (Lipinski definition) is 0. The van der Waals surface area contributed by atoms with Crippen molar-refractivity contribution in [1.29, 1.82) is 0 Å². The van der Waals surface area contributed by atoms with Crippen molar-refractivity contribution in [2.45, 2.75) is 78.4 Å². The summed E-state index contributed by atoms with van der Waals surface area (Å²) in [5.74, 6) is 0.156. The van der Waals surface area contributed by atoms with Gasteiger partial charge in [-0.2, -0.15) is 4.79 Å². The molecule has 0 aliphatic carbocycles. The zero-order chi connectivity index (χ0) is 19.9. The van der Waals surface area contributed by atoms with Gasteiger partial charge < -0.3 is 19.9 Å². The van der Waals surface area contributed by atoms with Gasteiger partial charge in [-0.15, -0.1) is 0 Å². The summed E-state index contributed by atoms with van der Waals surface area (Å²) in [7, 11) is 0. The Morgan fingerprint density at radius 2 is 1.73 bits per heavy atom. The number of rotatable bonds is 1. The van der Waals surface area contributed by atoms with E-state index in [1.165, 1.54) is 6.92 Å². The molecule has 3 heterocycles. The topological polar surface area (TPSA) is 95.5 Å². The molecule has 3 aliphatic heterocycles. The van der Waals surface area contributed by atoms with Gasteiger partial charge in [0.15, 0.2) is 0 Å². The quantitative estimate of drug-likeness (QED) is 0.400. The number of carbonyl (C=O) groups is 2.